The monoisotopic (exact) mass is 1250 g/mol. The van der Waals surface area contributed by atoms with Crippen molar-refractivity contribution in [1.82, 2.24) is 52.0 Å². The fourth-order valence-electron chi connectivity index (χ4n) is 8.15. The summed E-state index contributed by atoms with van der Waals surface area (Å²) < 4.78 is 22.4. The molecule has 9 N–H and O–H groups in total. The highest BCUT2D eigenvalue weighted by atomic mass is 32.2. The van der Waals surface area contributed by atoms with Crippen LogP contribution in [0.4, 0.5) is 0 Å². The van der Waals surface area contributed by atoms with E-state index in [0.29, 0.717) is 130 Å². The van der Waals surface area contributed by atoms with E-state index in [1.165, 1.54) is 18.7 Å². The summed E-state index contributed by atoms with van der Waals surface area (Å²) in [5.74, 6) is -4.18. The molecular weight excluding hydrogens is 1160 g/mol. The van der Waals surface area contributed by atoms with Gasteiger partial charge in [-0.25, -0.2) is 15.2 Å². The summed E-state index contributed by atoms with van der Waals surface area (Å²) in [5, 5.41) is 47.8. The number of imide groups is 1. The topological polar surface area (TPSA) is 371 Å². The molecule has 0 fully saturated rings. The Morgan fingerprint density at radius 3 is 1.59 bits per heavy atom. The van der Waals surface area contributed by atoms with Crippen LogP contribution in [-0.2, 0) is 62.2 Å². The van der Waals surface area contributed by atoms with E-state index in [1.807, 2.05) is 20.1 Å². The number of rotatable bonds is 50. The molecule has 3 atom stereocenters. The fourth-order valence-corrected chi connectivity index (χ4v) is 8.62. The summed E-state index contributed by atoms with van der Waals surface area (Å²) in [6, 6.07) is 4.61. The smallest absolute Gasteiger partial charge is 0.253 e. The van der Waals surface area contributed by atoms with Gasteiger partial charge in [0.2, 0.25) is 47.3 Å². The van der Waals surface area contributed by atoms with E-state index >= 15 is 0 Å². The van der Waals surface area contributed by atoms with Crippen LogP contribution >= 0.6 is 11.8 Å². The van der Waals surface area contributed by atoms with E-state index in [1.54, 1.807) is 24.3 Å². The number of amides is 11. The molecule has 1 aromatic rings. The van der Waals surface area contributed by atoms with E-state index in [0.717, 1.165) is 17.1 Å². The minimum Gasteiger partial charge on any atom is -0.491 e. The van der Waals surface area contributed by atoms with Crippen LogP contribution in [-0.4, -0.2) is 223 Å². The van der Waals surface area contributed by atoms with Crippen molar-refractivity contribution >= 4 is 76.7 Å². The number of hydroxylamine groups is 6. The minimum absolute atomic E-state index is 0.00766. The highest BCUT2D eigenvalue weighted by Gasteiger charge is 2.31. The predicted octanol–water partition coefficient (Wildman–Crippen LogP) is 2.02. The molecule has 0 bridgehead atoms. The van der Waals surface area contributed by atoms with E-state index in [4.69, 9.17) is 18.9 Å². The van der Waals surface area contributed by atoms with Crippen LogP contribution in [0.15, 0.2) is 36.4 Å². The van der Waals surface area contributed by atoms with Gasteiger partial charge in [0.05, 0.1) is 39.6 Å². The Bertz CT molecular complexity index is 2320. The lowest BCUT2D eigenvalue weighted by Gasteiger charge is -2.27. The molecule has 11 amide bonds. The van der Waals surface area contributed by atoms with Crippen LogP contribution in [0.5, 0.6) is 5.75 Å². The minimum atomic E-state index is -0.949. The molecule has 0 aromatic heterocycles. The molecule has 2 rings (SSSR count). The van der Waals surface area contributed by atoms with Crippen molar-refractivity contribution in [2.75, 3.05) is 111 Å². The normalized spacial score (nSPS) is 12.8. The van der Waals surface area contributed by atoms with Gasteiger partial charge in [-0.1, -0.05) is 26.3 Å². The second-order valence-corrected chi connectivity index (χ2v) is 21.5. The number of hydrogen-bond acceptors (Lipinski definition) is 19. The number of carbonyl (C=O) groups is 11. The summed E-state index contributed by atoms with van der Waals surface area (Å²) >= 11 is 1.50. The largest absolute Gasteiger partial charge is 0.491 e. The maximum Gasteiger partial charge on any atom is 0.253 e. The highest BCUT2D eigenvalue weighted by Crippen LogP contribution is 2.16. The highest BCUT2D eigenvalue weighted by molar-refractivity contribution is 7.98. The first kappa shape index (κ1) is 76.3. The van der Waals surface area contributed by atoms with Crippen molar-refractivity contribution in [3.63, 3.8) is 0 Å². The molecule has 0 unspecified atom stereocenters. The third kappa shape index (κ3) is 35.0. The molecule has 0 saturated carbocycles. The van der Waals surface area contributed by atoms with Crippen molar-refractivity contribution in [3.8, 4) is 5.75 Å². The molecule has 87 heavy (non-hydrogen) atoms. The lowest BCUT2D eigenvalue weighted by molar-refractivity contribution is -0.166. The first-order valence-electron chi connectivity index (χ1n) is 29.9. The third-order valence-electron chi connectivity index (χ3n) is 13.5. The number of ether oxygens (including phenoxy) is 4. The van der Waals surface area contributed by atoms with Gasteiger partial charge in [0.1, 0.15) is 24.4 Å². The van der Waals surface area contributed by atoms with Gasteiger partial charge in [-0.2, -0.15) is 11.8 Å². The van der Waals surface area contributed by atoms with Crippen molar-refractivity contribution < 1.29 is 87.3 Å². The maximum absolute atomic E-state index is 13.6. The zero-order chi connectivity index (χ0) is 64.2. The summed E-state index contributed by atoms with van der Waals surface area (Å²) in [4.78, 5) is 137. The van der Waals surface area contributed by atoms with Gasteiger partial charge in [-0.15, -0.1) is 0 Å². The summed E-state index contributed by atoms with van der Waals surface area (Å²) in [6.07, 6.45) is 10.0. The molecule has 29 heteroatoms. The van der Waals surface area contributed by atoms with Crippen LogP contribution in [0.25, 0.3) is 0 Å². The molecule has 1 aliphatic heterocycles. The van der Waals surface area contributed by atoms with Gasteiger partial charge in [0, 0.05) is 109 Å². The third-order valence-corrected chi connectivity index (χ3v) is 14.2. The van der Waals surface area contributed by atoms with Crippen LogP contribution in [0, 0.1) is 5.92 Å². The number of hydrogen-bond donors (Lipinski definition) is 9. The molecule has 0 aliphatic carbocycles. The second-order valence-electron chi connectivity index (χ2n) is 20.5. The average molecular weight is 1250 g/mol. The van der Waals surface area contributed by atoms with Gasteiger partial charge in [0.25, 0.3) is 17.7 Å². The summed E-state index contributed by atoms with van der Waals surface area (Å²) in [7, 11) is 0. The van der Waals surface area contributed by atoms with Gasteiger partial charge in [0.15, 0.2) is 0 Å². The predicted molar refractivity (Wildman–Crippen MR) is 319 cm³/mol. The zero-order valence-corrected chi connectivity index (χ0v) is 51.8. The lowest BCUT2D eigenvalue weighted by Crippen LogP contribution is -2.56. The molecule has 1 aliphatic rings. The summed E-state index contributed by atoms with van der Waals surface area (Å²) in [5.41, 5.74) is 0.263. The van der Waals surface area contributed by atoms with E-state index in [9.17, 15) is 68.4 Å². The standard InChI is InChI=1S/C58H94N10O18S/c1-5-43(2)55(58(79)62-29-33-65-51(73)22-23-52(65)74)64-57(78)47(25-41-87-4)63-56(77)45-16-15-17-46(42-45)86-40-39-85-38-37-84-36-35-83-34-24-50(72)61-28-11-8-14-32-68(82)54(76)21-19-49(71)60-27-10-7-13-31-67(81)53(75)20-18-48(70)59-26-9-6-12-30-66(80)44(3)69/h15-17,22-23,42-43,47,55,80-82H,5-14,18-21,24-41H2,1-4H3,(H,59,70)(H,60,71)(H,61,72)(H,62,79)(H,63,77)(H,64,78)/t43-,47-,55-/m0/s1. The van der Waals surface area contributed by atoms with Crippen molar-refractivity contribution in [2.45, 2.75) is 136 Å². The van der Waals surface area contributed by atoms with E-state index in [-0.39, 0.29) is 127 Å². The van der Waals surface area contributed by atoms with Crippen molar-refractivity contribution in [3.05, 3.63) is 42.0 Å². The molecule has 28 nitrogen and oxygen atoms in total. The number of nitrogens with zero attached hydrogens (tertiary/aromatic N) is 4. The number of thioether (sulfide) groups is 1. The first-order valence-corrected chi connectivity index (χ1v) is 31.3. The lowest BCUT2D eigenvalue weighted by atomic mass is 9.97. The summed E-state index contributed by atoms with van der Waals surface area (Å²) in [6.45, 7) is 8.23. The average Bonchev–Trinajstić information content (AvgIpc) is 3.81. The number of unbranched alkanes of at least 4 members (excludes halogenated alkanes) is 6. The fraction of sp³-hybridized carbons (Fsp3) is 0.672. The van der Waals surface area contributed by atoms with Crippen LogP contribution in [0.2, 0.25) is 0 Å². The van der Waals surface area contributed by atoms with E-state index < -0.39 is 59.3 Å². The molecular formula is C58H94N10O18S. The molecule has 1 heterocycles. The zero-order valence-electron chi connectivity index (χ0n) is 51.0. The quantitative estimate of drug-likeness (QED) is 0.0195. The number of carbonyl (C=O) groups excluding carboxylic acids is 11. The van der Waals surface area contributed by atoms with Crippen LogP contribution in [0.3, 0.4) is 0 Å². The van der Waals surface area contributed by atoms with Crippen molar-refractivity contribution in [1.29, 1.82) is 0 Å². The molecule has 490 valence electrons. The Hall–Kier alpha value is -6.76. The molecule has 1 aromatic carbocycles. The van der Waals surface area contributed by atoms with Gasteiger partial charge in [-0.3, -0.25) is 73.3 Å². The van der Waals surface area contributed by atoms with Crippen LogP contribution < -0.4 is 36.6 Å². The second kappa shape index (κ2) is 46.4. The Morgan fingerprint density at radius 2 is 1.08 bits per heavy atom. The molecule has 0 saturated heterocycles. The van der Waals surface area contributed by atoms with Gasteiger partial charge in [-0.05, 0) is 100 Å². The van der Waals surface area contributed by atoms with Crippen LogP contribution in [0.1, 0.15) is 134 Å². The van der Waals surface area contributed by atoms with Crippen molar-refractivity contribution in [2.24, 2.45) is 5.92 Å². The Labute approximate surface area is 514 Å². The van der Waals surface area contributed by atoms with Gasteiger partial charge < -0.3 is 50.8 Å². The number of nitrogens with one attached hydrogen (secondary N) is 6. The Balaban J connectivity index is 1.46. The number of benzene rings is 1. The maximum atomic E-state index is 13.6. The first-order chi connectivity index (χ1) is 41.8. The Kier molecular flexibility index (Phi) is 40.7. The van der Waals surface area contributed by atoms with Gasteiger partial charge >= 0.3 is 0 Å². The molecule has 0 spiro atoms. The van der Waals surface area contributed by atoms with E-state index in [2.05, 4.69) is 31.9 Å². The SMILES string of the molecule is CC[C@H](C)[C@H](NC(=O)[C@H](CCSC)NC(=O)c1cccc(OCCOCCOCCOCCC(=O)NCCCCCN(O)C(=O)CCC(=O)NCCCCCN(O)C(=O)CCC(=O)NCCCCCN(O)C(C)=O)c1)C(=O)NCCN1C(=O)C=CC1=O. The molecule has 0 radical (unpaired) electrons. The Morgan fingerprint density at radius 1 is 0.586 bits per heavy atom.